The van der Waals surface area contributed by atoms with Crippen molar-refractivity contribution in [3.8, 4) is 5.75 Å². The van der Waals surface area contributed by atoms with Crippen molar-refractivity contribution in [2.24, 2.45) is 5.92 Å². The highest BCUT2D eigenvalue weighted by Gasteiger charge is 2.25. The lowest BCUT2D eigenvalue weighted by molar-refractivity contribution is -0.138. The number of rotatable bonds is 12. The van der Waals surface area contributed by atoms with Crippen LogP contribution in [0.15, 0.2) is 77.2 Å². The van der Waals surface area contributed by atoms with Gasteiger partial charge in [0.2, 0.25) is 5.91 Å². The van der Waals surface area contributed by atoms with E-state index in [0.717, 1.165) is 58.8 Å². The molecule has 7 heteroatoms. The molecule has 0 unspecified atom stereocenters. The molecule has 0 bridgehead atoms. The van der Waals surface area contributed by atoms with Gasteiger partial charge in [0.15, 0.2) is 0 Å². The minimum atomic E-state index is -0.318. The number of thiazole rings is 1. The van der Waals surface area contributed by atoms with E-state index in [1.54, 1.807) is 31.3 Å². The first-order valence-electron chi connectivity index (χ1n) is 14.5. The third-order valence-corrected chi connectivity index (χ3v) is 8.14. The average molecular weight is 573 g/mol. The Morgan fingerprint density at radius 3 is 2.46 bits per heavy atom. The summed E-state index contributed by atoms with van der Waals surface area (Å²) in [5, 5.41) is 6.18. The summed E-state index contributed by atoms with van der Waals surface area (Å²) in [7, 11) is 0. The van der Waals surface area contributed by atoms with Crippen LogP contribution in [0.4, 0.5) is 0 Å². The van der Waals surface area contributed by atoms with Gasteiger partial charge in [0.1, 0.15) is 17.4 Å². The van der Waals surface area contributed by atoms with Gasteiger partial charge >= 0.3 is 5.97 Å². The summed E-state index contributed by atoms with van der Waals surface area (Å²) in [4.78, 5) is 30.1. The third kappa shape index (κ3) is 9.42. The van der Waals surface area contributed by atoms with Gasteiger partial charge in [-0.05, 0) is 81.0 Å². The quantitative estimate of drug-likeness (QED) is 0.137. The minimum Gasteiger partial charge on any atom is -0.489 e. The number of nitrogens with one attached hydrogen (secondary N) is 1. The molecule has 0 saturated heterocycles. The third-order valence-electron chi connectivity index (χ3n) is 7.16. The van der Waals surface area contributed by atoms with E-state index in [1.807, 2.05) is 60.8 Å². The van der Waals surface area contributed by atoms with Gasteiger partial charge in [-0.1, -0.05) is 61.7 Å². The Labute approximate surface area is 247 Å². The summed E-state index contributed by atoms with van der Waals surface area (Å²) in [6.45, 7) is 6.34. The van der Waals surface area contributed by atoms with Gasteiger partial charge in [-0.15, -0.1) is 11.3 Å². The van der Waals surface area contributed by atoms with Crippen LogP contribution in [0.2, 0.25) is 0 Å². The molecule has 4 rings (SSSR count). The molecule has 0 aliphatic heterocycles. The number of hydrogen-bond acceptors (Lipinski definition) is 6. The fourth-order valence-corrected chi connectivity index (χ4v) is 5.83. The summed E-state index contributed by atoms with van der Waals surface area (Å²) >= 11 is 1.54. The van der Waals surface area contributed by atoms with Gasteiger partial charge in [0.25, 0.3) is 0 Å². The predicted molar refractivity (Wildman–Crippen MR) is 165 cm³/mol. The van der Waals surface area contributed by atoms with E-state index in [9.17, 15) is 9.59 Å². The molecule has 1 aliphatic carbocycles. The highest BCUT2D eigenvalue weighted by Crippen LogP contribution is 2.28. The fraction of sp³-hybridized carbons (Fsp3) is 0.382. The summed E-state index contributed by atoms with van der Waals surface area (Å²) in [6.07, 6.45) is 9.70. The van der Waals surface area contributed by atoms with E-state index in [4.69, 9.17) is 14.5 Å². The highest BCUT2D eigenvalue weighted by atomic mass is 32.1. The second-order valence-corrected chi connectivity index (χ2v) is 11.5. The van der Waals surface area contributed by atoms with Crippen molar-refractivity contribution in [3.05, 3.63) is 99.0 Å². The first-order valence-corrected chi connectivity index (χ1v) is 15.3. The van der Waals surface area contributed by atoms with Crippen molar-refractivity contribution in [1.82, 2.24) is 10.3 Å². The van der Waals surface area contributed by atoms with Crippen LogP contribution < -0.4 is 10.1 Å². The lowest BCUT2D eigenvalue weighted by Gasteiger charge is -2.24. The molecular formula is C34H40N2O4S. The largest absolute Gasteiger partial charge is 0.489 e. The molecule has 1 amide bonds. The molecule has 0 radical (unpaired) electrons. The van der Waals surface area contributed by atoms with E-state index in [1.165, 1.54) is 6.42 Å². The number of benzene rings is 2. The summed E-state index contributed by atoms with van der Waals surface area (Å²) < 4.78 is 11.0. The molecule has 1 heterocycles. The number of hydrogen-bond donors (Lipinski definition) is 1. The number of allylic oxidation sites excluding steroid dienone is 2. The molecular weight excluding hydrogens is 532 g/mol. The Balaban J connectivity index is 1.47. The first-order chi connectivity index (χ1) is 19.9. The van der Waals surface area contributed by atoms with Crippen molar-refractivity contribution in [2.45, 2.75) is 71.9 Å². The van der Waals surface area contributed by atoms with Crippen molar-refractivity contribution >= 4 is 29.3 Å². The number of ether oxygens (including phenoxy) is 2. The monoisotopic (exact) mass is 572 g/mol. The van der Waals surface area contributed by atoms with Crippen LogP contribution in [-0.4, -0.2) is 23.5 Å². The zero-order valence-corrected chi connectivity index (χ0v) is 25.0. The normalized spacial score (nSPS) is 15.3. The SMILES string of the molecule is CCOC(=O)C(C)=CC(C)=Cc1csc([C@H](Cc2ccc(OCc3ccccc3)cc2)NC(=O)C2CCCCC2)n1. The topological polar surface area (TPSA) is 77.5 Å². The molecule has 3 aromatic rings. The molecule has 1 saturated carbocycles. The Morgan fingerprint density at radius 2 is 1.76 bits per heavy atom. The first kappa shape index (κ1) is 30.3. The van der Waals surface area contributed by atoms with E-state index in [-0.39, 0.29) is 23.8 Å². The van der Waals surface area contributed by atoms with Gasteiger partial charge in [0.05, 0.1) is 18.3 Å². The number of aromatic nitrogens is 1. The fourth-order valence-electron chi connectivity index (χ4n) is 5.00. The molecule has 1 aliphatic rings. The van der Waals surface area contributed by atoms with E-state index < -0.39 is 0 Å². The molecule has 216 valence electrons. The maximum absolute atomic E-state index is 13.3. The van der Waals surface area contributed by atoms with Gasteiger partial charge in [-0.25, -0.2) is 9.78 Å². The van der Waals surface area contributed by atoms with Crippen LogP contribution >= 0.6 is 11.3 Å². The van der Waals surface area contributed by atoms with Crippen LogP contribution in [0.5, 0.6) is 5.75 Å². The van der Waals surface area contributed by atoms with Gasteiger partial charge in [-0.2, -0.15) is 0 Å². The number of carbonyl (C=O) groups excluding carboxylic acids is 2. The van der Waals surface area contributed by atoms with Crippen molar-refractivity contribution in [3.63, 3.8) is 0 Å². The van der Waals surface area contributed by atoms with E-state index >= 15 is 0 Å². The Kier molecular flexibility index (Phi) is 11.3. The lowest BCUT2D eigenvalue weighted by atomic mass is 9.88. The van der Waals surface area contributed by atoms with Crippen molar-refractivity contribution < 1.29 is 19.1 Å². The highest BCUT2D eigenvalue weighted by molar-refractivity contribution is 7.09. The van der Waals surface area contributed by atoms with Gasteiger partial charge in [-0.3, -0.25) is 4.79 Å². The molecule has 6 nitrogen and oxygen atoms in total. The Hall–Kier alpha value is -3.71. The Bertz CT molecular complexity index is 1340. The second kappa shape index (κ2) is 15.3. The van der Waals surface area contributed by atoms with Crippen molar-refractivity contribution in [1.29, 1.82) is 0 Å². The maximum Gasteiger partial charge on any atom is 0.333 e. The van der Waals surface area contributed by atoms with Crippen LogP contribution in [0, 0.1) is 5.92 Å². The maximum atomic E-state index is 13.3. The molecule has 1 fully saturated rings. The molecule has 1 aromatic heterocycles. The predicted octanol–water partition coefficient (Wildman–Crippen LogP) is 7.62. The number of esters is 1. The number of carbonyl (C=O) groups is 2. The molecule has 1 atom stereocenters. The zero-order chi connectivity index (χ0) is 29.0. The van der Waals surface area contributed by atoms with Crippen LogP contribution in [0.3, 0.4) is 0 Å². The molecule has 0 spiro atoms. The second-order valence-electron chi connectivity index (χ2n) is 10.6. The zero-order valence-electron chi connectivity index (χ0n) is 24.2. The molecule has 41 heavy (non-hydrogen) atoms. The number of amides is 1. The Morgan fingerprint density at radius 1 is 1.02 bits per heavy atom. The van der Waals surface area contributed by atoms with Gasteiger partial charge in [0, 0.05) is 16.9 Å². The van der Waals surface area contributed by atoms with E-state index in [0.29, 0.717) is 25.2 Å². The molecule has 1 N–H and O–H groups in total. The molecule has 2 aromatic carbocycles. The average Bonchev–Trinajstić information content (AvgIpc) is 3.45. The summed E-state index contributed by atoms with van der Waals surface area (Å²) in [6, 6.07) is 17.9. The van der Waals surface area contributed by atoms with Crippen LogP contribution in [0.1, 0.15) is 80.7 Å². The van der Waals surface area contributed by atoms with E-state index in [2.05, 4.69) is 17.4 Å². The number of nitrogens with zero attached hydrogens (tertiary/aromatic N) is 1. The smallest absolute Gasteiger partial charge is 0.333 e. The lowest BCUT2D eigenvalue weighted by Crippen LogP contribution is -2.35. The summed E-state index contributed by atoms with van der Waals surface area (Å²) in [5.74, 6) is 0.677. The van der Waals surface area contributed by atoms with Gasteiger partial charge < -0.3 is 14.8 Å². The van der Waals surface area contributed by atoms with Crippen molar-refractivity contribution in [2.75, 3.05) is 6.61 Å². The minimum absolute atomic E-state index is 0.0672. The van der Waals surface area contributed by atoms with Crippen LogP contribution in [-0.2, 0) is 27.4 Å². The standard InChI is InChI=1S/C34H40N2O4S/c1-4-39-34(38)25(3)19-24(2)20-29-23-41-33(35-29)31(36-32(37)28-13-9-6-10-14-28)21-26-15-17-30(18-16-26)40-22-27-11-7-5-8-12-27/h5,7-8,11-12,15-20,23,28,31H,4,6,9-10,13-14,21-22H2,1-3H3,(H,36,37)/t31-/m0/s1. The van der Waals surface area contributed by atoms with Crippen LogP contribution in [0.25, 0.3) is 6.08 Å². The summed E-state index contributed by atoms with van der Waals surface area (Å²) in [5.41, 5.74) is 4.48.